The first-order valence-corrected chi connectivity index (χ1v) is 5.81. The average molecular weight is 286 g/mol. The third-order valence-electron chi connectivity index (χ3n) is 2.59. The van der Waals surface area contributed by atoms with E-state index in [9.17, 15) is 9.90 Å². The lowest BCUT2D eigenvalue weighted by Crippen LogP contribution is -2.14. The molecule has 2 N–H and O–H groups in total. The molecule has 0 bridgehead atoms. The number of aliphatic carboxylic acids is 1. The van der Waals surface area contributed by atoms with Crippen LogP contribution in [0.15, 0.2) is 12.1 Å². The number of methoxy groups -OCH3 is 3. The summed E-state index contributed by atoms with van der Waals surface area (Å²) in [5.74, 6) is 0.146. The Morgan fingerprint density at radius 1 is 1.15 bits per heavy atom. The molecule has 0 aliphatic rings. The van der Waals surface area contributed by atoms with Crippen molar-refractivity contribution >= 4 is 5.97 Å². The highest BCUT2D eigenvalue weighted by Crippen LogP contribution is 2.38. The van der Waals surface area contributed by atoms with Gasteiger partial charge in [0.15, 0.2) is 0 Å². The van der Waals surface area contributed by atoms with Gasteiger partial charge < -0.3 is 29.2 Å². The molecule has 20 heavy (non-hydrogen) atoms. The van der Waals surface area contributed by atoms with Crippen molar-refractivity contribution in [3.8, 4) is 17.2 Å². The quantitative estimate of drug-likeness (QED) is 0.731. The Bertz CT molecular complexity index is 433. The Labute approximate surface area is 116 Å². The summed E-state index contributed by atoms with van der Waals surface area (Å²) in [6, 6.07) is 3.19. The van der Waals surface area contributed by atoms with E-state index in [2.05, 4.69) is 0 Å². The molecular formula is C13H18O7. The van der Waals surface area contributed by atoms with Gasteiger partial charge >= 0.3 is 5.97 Å². The smallest absolute Gasteiger partial charge is 0.329 e. The van der Waals surface area contributed by atoms with Crippen LogP contribution in [0.25, 0.3) is 0 Å². The van der Waals surface area contributed by atoms with E-state index in [0.717, 1.165) is 0 Å². The second-order valence-electron chi connectivity index (χ2n) is 3.87. The first-order valence-electron chi connectivity index (χ1n) is 5.81. The summed E-state index contributed by atoms with van der Waals surface area (Å²) in [5.41, 5.74) is 0.376. The van der Waals surface area contributed by atoms with Gasteiger partial charge in [0.05, 0.1) is 33.5 Å². The van der Waals surface area contributed by atoms with Crippen LogP contribution in [0.5, 0.6) is 17.2 Å². The number of rotatable bonds is 8. The van der Waals surface area contributed by atoms with E-state index in [1.54, 1.807) is 12.1 Å². The van der Waals surface area contributed by atoms with Crippen molar-refractivity contribution in [3.05, 3.63) is 17.7 Å². The summed E-state index contributed by atoms with van der Waals surface area (Å²) < 4.78 is 20.3. The molecule has 1 aromatic carbocycles. The molecule has 0 spiro atoms. The van der Waals surface area contributed by atoms with Crippen molar-refractivity contribution in [1.29, 1.82) is 0 Å². The molecule has 7 nitrogen and oxygen atoms in total. The normalized spacial score (nSPS) is 11.8. The van der Waals surface area contributed by atoms with E-state index in [1.165, 1.54) is 21.3 Å². The number of hydrogen-bond donors (Lipinski definition) is 2. The molecule has 1 rings (SSSR count). The Morgan fingerprint density at radius 2 is 1.70 bits per heavy atom. The fourth-order valence-electron chi connectivity index (χ4n) is 1.70. The minimum atomic E-state index is -1.11. The number of aliphatic hydroxyl groups excluding tert-OH is 1. The highest BCUT2D eigenvalue weighted by molar-refractivity contribution is 5.68. The zero-order valence-corrected chi connectivity index (χ0v) is 11.6. The Kier molecular flexibility index (Phi) is 6.08. The molecule has 0 saturated carbocycles. The second-order valence-corrected chi connectivity index (χ2v) is 3.87. The van der Waals surface area contributed by atoms with Crippen LogP contribution < -0.4 is 14.2 Å². The molecule has 1 atom stereocenters. The van der Waals surface area contributed by atoms with Crippen LogP contribution in [0.1, 0.15) is 11.7 Å². The number of aliphatic hydroxyl groups is 1. The lowest BCUT2D eigenvalue weighted by Gasteiger charge is -2.19. The SMILES string of the molecule is COc1cc(OC)c(C(O)COCC(=O)O)c(OC)c1. The minimum absolute atomic E-state index is 0.189. The van der Waals surface area contributed by atoms with Gasteiger partial charge in [0, 0.05) is 12.1 Å². The minimum Gasteiger partial charge on any atom is -0.496 e. The molecule has 0 aliphatic heterocycles. The zero-order valence-electron chi connectivity index (χ0n) is 11.6. The molecule has 0 amide bonds. The van der Waals surface area contributed by atoms with E-state index in [1.807, 2.05) is 0 Å². The molecule has 7 heteroatoms. The number of hydrogen-bond acceptors (Lipinski definition) is 6. The fraction of sp³-hybridized carbons (Fsp3) is 0.462. The predicted octanol–water partition coefficient (Wildman–Crippen LogP) is 0.847. The largest absolute Gasteiger partial charge is 0.496 e. The topological polar surface area (TPSA) is 94.5 Å². The fourth-order valence-corrected chi connectivity index (χ4v) is 1.70. The molecule has 0 aliphatic carbocycles. The zero-order chi connectivity index (χ0) is 15.1. The van der Waals surface area contributed by atoms with Crippen LogP contribution >= 0.6 is 0 Å². The maximum Gasteiger partial charge on any atom is 0.329 e. The first-order chi connectivity index (χ1) is 9.53. The van der Waals surface area contributed by atoms with Crippen molar-refractivity contribution in [2.75, 3.05) is 34.5 Å². The number of ether oxygens (including phenoxy) is 4. The summed E-state index contributed by atoms with van der Waals surface area (Å²) in [6.45, 7) is -0.677. The Balaban J connectivity index is 2.98. The number of carbonyl (C=O) groups is 1. The van der Waals surface area contributed by atoms with Gasteiger partial charge in [-0.05, 0) is 0 Å². The number of carboxylic acids is 1. The van der Waals surface area contributed by atoms with Crippen LogP contribution in [-0.2, 0) is 9.53 Å². The number of benzene rings is 1. The molecular weight excluding hydrogens is 268 g/mol. The van der Waals surface area contributed by atoms with Gasteiger partial charge in [-0.3, -0.25) is 0 Å². The predicted molar refractivity (Wildman–Crippen MR) is 69.5 cm³/mol. The molecule has 0 heterocycles. The van der Waals surface area contributed by atoms with Gasteiger partial charge in [-0.25, -0.2) is 4.79 Å². The summed E-state index contributed by atoms with van der Waals surface area (Å²) in [6.07, 6.45) is -1.08. The van der Waals surface area contributed by atoms with Gasteiger partial charge in [-0.1, -0.05) is 0 Å². The van der Waals surface area contributed by atoms with Gasteiger partial charge in [0.25, 0.3) is 0 Å². The number of carboxylic acid groups (broad SMARTS) is 1. The molecule has 0 fully saturated rings. The molecule has 0 saturated heterocycles. The highest BCUT2D eigenvalue weighted by Gasteiger charge is 2.21. The van der Waals surface area contributed by atoms with Crippen molar-refractivity contribution < 1.29 is 34.0 Å². The van der Waals surface area contributed by atoms with Gasteiger partial charge in [0.1, 0.15) is 30.0 Å². The van der Waals surface area contributed by atoms with Crippen molar-refractivity contribution in [1.82, 2.24) is 0 Å². The van der Waals surface area contributed by atoms with Crippen molar-refractivity contribution in [3.63, 3.8) is 0 Å². The molecule has 0 aromatic heterocycles. The molecule has 0 radical (unpaired) electrons. The maximum atomic E-state index is 10.4. The summed E-state index contributed by atoms with van der Waals surface area (Å²) in [7, 11) is 4.39. The Hall–Kier alpha value is -1.99. The monoisotopic (exact) mass is 286 g/mol. The summed E-state index contributed by atoms with van der Waals surface area (Å²) >= 11 is 0. The van der Waals surface area contributed by atoms with E-state index in [0.29, 0.717) is 22.8 Å². The summed E-state index contributed by atoms with van der Waals surface area (Å²) in [5, 5.41) is 18.6. The van der Waals surface area contributed by atoms with Crippen LogP contribution in [0, 0.1) is 0 Å². The van der Waals surface area contributed by atoms with Gasteiger partial charge in [0.2, 0.25) is 0 Å². The third-order valence-corrected chi connectivity index (χ3v) is 2.59. The third kappa shape index (κ3) is 4.01. The Morgan fingerprint density at radius 3 is 2.10 bits per heavy atom. The van der Waals surface area contributed by atoms with E-state index in [-0.39, 0.29) is 6.61 Å². The highest BCUT2D eigenvalue weighted by atomic mass is 16.5. The standard InChI is InChI=1S/C13H18O7/c1-17-8-4-10(18-2)13(11(5-8)19-3)9(14)6-20-7-12(15)16/h4-5,9,14H,6-7H2,1-3H3,(H,15,16). The van der Waals surface area contributed by atoms with Crippen LogP contribution in [0.4, 0.5) is 0 Å². The second kappa shape index (κ2) is 7.56. The van der Waals surface area contributed by atoms with E-state index >= 15 is 0 Å². The van der Waals surface area contributed by atoms with E-state index in [4.69, 9.17) is 24.1 Å². The van der Waals surface area contributed by atoms with Crippen LogP contribution in [-0.4, -0.2) is 50.7 Å². The molecule has 1 aromatic rings. The lowest BCUT2D eigenvalue weighted by atomic mass is 10.1. The maximum absolute atomic E-state index is 10.4. The van der Waals surface area contributed by atoms with Crippen molar-refractivity contribution in [2.24, 2.45) is 0 Å². The summed E-state index contributed by atoms with van der Waals surface area (Å²) in [4.78, 5) is 10.4. The van der Waals surface area contributed by atoms with Gasteiger partial charge in [-0.2, -0.15) is 0 Å². The van der Waals surface area contributed by atoms with Crippen molar-refractivity contribution in [2.45, 2.75) is 6.10 Å². The lowest BCUT2D eigenvalue weighted by molar-refractivity contribution is -0.143. The molecule has 1 unspecified atom stereocenters. The average Bonchev–Trinajstić information content (AvgIpc) is 2.44. The van der Waals surface area contributed by atoms with E-state index < -0.39 is 18.7 Å². The first kappa shape index (κ1) is 16.1. The molecule has 112 valence electrons. The van der Waals surface area contributed by atoms with Gasteiger partial charge in [-0.15, -0.1) is 0 Å². The van der Waals surface area contributed by atoms with Crippen LogP contribution in [0.3, 0.4) is 0 Å². The van der Waals surface area contributed by atoms with Crippen LogP contribution in [0.2, 0.25) is 0 Å².